The monoisotopic (exact) mass is 524 g/mol. The summed E-state index contributed by atoms with van der Waals surface area (Å²) in [5.74, 6) is -0.519. The summed E-state index contributed by atoms with van der Waals surface area (Å²) in [4.78, 5) is 27.4. The molecule has 0 radical (unpaired) electrons. The number of carbonyl (C=O) groups excluding carboxylic acids is 2. The number of thiophene rings is 1. The van der Waals surface area contributed by atoms with Gasteiger partial charge < -0.3 is 14.7 Å². The molecule has 1 atom stereocenters. The number of aromatic nitrogens is 3. The zero-order chi connectivity index (χ0) is 25.8. The number of rotatable bonds is 10. The number of benzene rings is 1. The number of esters is 1. The van der Waals surface area contributed by atoms with E-state index in [1.165, 1.54) is 11.3 Å². The van der Waals surface area contributed by atoms with Crippen LogP contribution in [0.5, 0.6) is 0 Å². The molecule has 0 spiro atoms. The van der Waals surface area contributed by atoms with E-state index < -0.39 is 11.6 Å². The van der Waals surface area contributed by atoms with Crippen LogP contribution in [0.2, 0.25) is 0 Å². The van der Waals surface area contributed by atoms with E-state index in [4.69, 9.17) is 4.74 Å². The smallest absolute Gasteiger partial charge is 0.344 e. The molecule has 2 aromatic heterocycles. The van der Waals surface area contributed by atoms with Gasteiger partial charge in [0.1, 0.15) is 17.9 Å². The minimum Gasteiger partial charge on any atom is -0.460 e. The minimum absolute atomic E-state index is 0.0599. The molecule has 0 amide bonds. The molecule has 2 aliphatic rings. The lowest BCUT2D eigenvalue weighted by atomic mass is 9.84. The van der Waals surface area contributed by atoms with Crippen molar-refractivity contribution >= 4 is 34.6 Å². The maximum absolute atomic E-state index is 13.3. The van der Waals surface area contributed by atoms with Gasteiger partial charge in [-0.2, -0.15) is 0 Å². The molecule has 5 rings (SSSR count). The molecule has 2 heterocycles. The lowest BCUT2D eigenvalue weighted by Gasteiger charge is -2.37. The highest BCUT2D eigenvalue weighted by molar-refractivity contribution is 7.10. The number of aldehydes is 1. The van der Waals surface area contributed by atoms with Gasteiger partial charge >= 0.3 is 5.97 Å². The summed E-state index contributed by atoms with van der Waals surface area (Å²) >= 11 is 1.44. The molecule has 1 aromatic carbocycles. The molecule has 3 aromatic rings. The molecule has 37 heavy (non-hydrogen) atoms. The van der Waals surface area contributed by atoms with Crippen LogP contribution in [0, 0.1) is 5.92 Å². The van der Waals surface area contributed by atoms with Crippen molar-refractivity contribution in [3.05, 3.63) is 46.2 Å². The Kier molecular flexibility index (Phi) is 8.02. The number of carbonyl (C=O) groups is 2. The Bertz CT molecular complexity index is 1200. The van der Waals surface area contributed by atoms with E-state index in [9.17, 15) is 14.7 Å². The summed E-state index contributed by atoms with van der Waals surface area (Å²) in [5, 5.41) is 21.9. The van der Waals surface area contributed by atoms with E-state index in [0.717, 1.165) is 88.2 Å². The first-order valence-electron chi connectivity index (χ1n) is 13.4. The summed E-state index contributed by atoms with van der Waals surface area (Å²) in [5.41, 5.74) is 0.772. The molecule has 0 saturated heterocycles. The van der Waals surface area contributed by atoms with Crippen molar-refractivity contribution in [3.8, 4) is 0 Å². The van der Waals surface area contributed by atoms with Crippen molar-refractivity contribution in [3.63, 3.8) is 0 Å². The van der Waals surface area contributed by atoms with Gasteiger partial charge in [-0.3, -0.25) is 4.79 Å². The number of aryl methyl sites for hydroxylation is 1. The standard InChI is InChI=1S/C28H36N4O4S/c1-31(15-5-16-32-25-14-9-20(19-33)18-24(25)29-30-32)22-10-12-23(13-11-22)36-27(34)28(35,21-6-2-3-7-21)26-8-4-17-37-26/h4,8-9,14,17-19,21-23,35H,2-3,5-7,10-13,15-16H2,1H3/t22?,23?,28-/m1/s1. The van der Waals surface area contributed by atoms with E-state index in [1.54, 1.807) is 12.1 Å². The van der Waals surface area contributed by atoms with Crippen LogP contribution in [0.1, 0.15) is 73.0 Å². The summed E-state index contributed by atoms with van der Waals surface area (Å²) in [6.45, 7) is 1.69. The van der Waals surface area contributed by atoms with Crippen LogP contribution in [-0.2, 0) is 21.7 Å². The number of hydrogen-bond acceptors (Lipinski definition) is 8. The number of nitrogens with zero attached hydrogens (tertiary/aromatic N) is 4. The molecule has 2 aliphatic carbocycles. The largest absolute Gasteiger partial charge is 0.460 e. The van der Waals surface area contributed by atoms with Crippen molar-refractivity contribution in [1.29, 1.82) is 0 Å². The molecular formula is C28H36N4O4S. The van der Waals surface area contributed by atoms with Gasteiger partial charge in [0, 0.05) is 28.9 Å². The quantitative estimate of drug-likeness (QED) is 0.307. The zero-order valence-corrected chi connectivity index (χ0v) is 22.2. The van der Waals surface area contributed by atoms with Crippen LogP contribution in [0.25, 0.3) is 11.0 Å². The van der Waals surface area contributed by atoms with E-state index in [0.29, 0.717) is 16.5 Å². The Labute approximate surface area is 221 Å². The average Bonchev–Trinajstić information content (AvgIpc) is 3.71. The number of aliphatic hydroxyl groups is 1. The first kappa shape index (κ1) is 26.0. The van der Waals surface area contributed by atoms with Gasteiger partial charge in [0.05, 0.1) is 5.52 Å². The fourth-order valence-electron chi connectivity index (χ4n) is 6.03. The number of fused-ring (bicyclic) bond motifs is 1. The Morgan fingerprint density at radius 2 is 2.00 bits per heavy atom. The third kappa shape index (κ3) is 5.49. The van der Waals surface area contributed by atoms with Crippen LogP contribution in [0.15, 0.2) is 35.7 Å². The number of ether oxygens (including phenoxy) is 1. The normalized spacial score (nSPS) is 22.4. The maximum atomic E-state index is 13.3. The Morgan fingerprint density at radius 3 is 2.70 bits per heavy atom. The highest BCUT2D eigenvalue weighted by atomic mass is 32.1. The Morgan fingerprint density at radius 1 is 1.22 bits per heavy atom. The second-order valence-corrected chi connectivity index (χ2v) is 11.5. The van der Waals surface area contributed by atoms with Crippen LogP contribution in [0.4, 0.5) is 0 Å². The summed E-state index contributed by atoms with van der Waals surface area (Å²) < 4.78 is 7.86. The van der Waals surface area contributed by atoms with Crippen molar-refractivity contribution in [1.82, 2.24) is 19.9 Å². The first-order valence-corrected chi connectivity index (χ1v) is 14.3. The third-order valence-corrected chi connectivity index (χ3v) is 9.24. The minimum atomic E-state index is -1.52. The van der Waals surface area contributed by atoms with Crippen LogP contribution >= 0.6 is 11.3 Å². The SMILES string of the molecule is CN(CCCn1nnc2cc(C=O)ccc21)C1CCC(OC(=O)[C@](O)(c2cccs2)C2CCCC2)CC1. The van der Waals surface area contributed by atoms with Crippen molar-refractivity contribution in [2.45, 2.75) is 82.1 Å². The molecule has 0 aliphatic heterocycles. The molecule has 8 nitrogen and oxygen atoms in total. The predicted octanol–water partition coefficient (Wildman–Crippen LogP) is 4.56. The predicted molar refractivity (Wildman–Crippen MR) is 142 cm³/mol. The molecule has 2 saturated carbocycles. The lowest BCUT2D eigenvalue weighted by molar-refractivity contribution is -0.180. The van der Waals surface area contributed by atoms with Gasteiger partial charge in [-0.25, -0.2) is 9.48 Å². The second kappa shape index (κ2) is 11.4. The summed E-state index contributed by atoms with van der Waals surface area (Å²) in [6.07, 6.45) is 9.04. The Hall–Kier alpha value is -2.62. The molecule has 2 fully saturated rings. The van der Waals surface area contributed by atoms with Crippen molar-refractivity contribution in [2.24, 2.45) is 5.92 Å². The molecule has 198 valence electrons. The second-order valence-electron chi connectivity index (χ2n) is 10.6. The summed E-state index contributed by atoms with van der Waals surface area (Å²) in [7, 11) is 2.16. The van der Waals surface area contributed by atoms with Crippen LogP contribution < -0.4 is 0 Å². The molecule has 9 heteroatoms. The highest BCUT2D eigenvalue weighted by Gasteiger charge is 2.49. The molecule has 0 bridgehead atoms. The third-order valence-electron chi connectivity index (χ3n) is 8.25. The Balaban J connectivity index is 1.10. The van der Waals surface area contributed by atoms with Gasteiger partial charge in [0.25, 0.3) is 0 Å². The molecule has 1 N–H and O–H groups in total. The van der Waals surface area contributed by atoms with E-state index in [2.05, 4.69) is 22.3 Å². The average molecular weight is 525 g/mol. The van der Waals surface area contributed by atoms with Gasteiger partial charge in [-0.15, -0.1) is 16.4 Å². The maximum Gasteiger partial charge on any atom is 0.344 e. The van der Waals surface area contributed by atoms with E-state index >= 15 is 0 Å². The van der Waals surface area contributed by atoms with Gasteiger partial charge in [0.2, 0.25) is 0 Å². The van der Waals surface area contributed by atoms with Gasteiger partial charge in [0.15, 0.2) is 5.60 Å². The van der Waals surface area contributed by atoms with Crippen molar-refractivity contribution in [2.75, 3.05) is 13.6 Å². The van der Waals surface area contributed by atoms with Crippen molar-refractivity contribution < 1.29 is 19.4 Å². The van der Waals surface area contributed by atoms with E-state index in [1.807, 2.05) is 28.3 Å². The fourth-order valence-corrected chi connectivity index (χ4v) is 6.92. The van der Waals surface area contributed by atoms with Crippen LogP contribution in [-0.4, -0.2) is 63.0 Å². The fraction of sp³-hybridized carbons (Fsp3) is 0.571. The molecular weight excluding hydrogens is 488 g/mol. The zero-order valence-electron chi connectivity index (χ0n) is 21.4. The van der Waals surface area contributed by atoms with Gasteiger partial charge in [-0.05, 0) is 88.2 Å². The van der Waals surface area contributed by atoms with E-state index in [-0.39, 0.29) is 12.0 Å². The first-order chi connectivity index (χ1) is 18.0. The van der Waals surface area contributed by atoms with Crippen LogP contribution in [0.3, 0.4) is 0 Å². The highest BCUT2D eigenvalue weighted by Crippen LogP contribution is 2.43. The molecule has 0 unspecified atom stereocenters. The van der Waals surface area contributed by atoms with Gasteiger partial charge in [-0.1, -0.05) is 24.1 Å². The summed E-state index contributed by atoms with van der Waals surface area (Å²) in [6, 6.07) is 9.66. The topological polar surface area (TPSA) is 97.5 Å². The number of hydrogen-bond donors (Lipinski definition) is 1. The lowest BCUT2D eigenvalue weighted by Crippen LogP contribution is -2.45.